The molecule has 5 aromatic rings. The van der Waals surface area contributed by atoms with Crippen molar-refractivity contribution in [2.45, 2.75) is 24.3 Å². The highest BCUT2D eigenvalue weighted by molar-refractivity contribution is 8.03. The van der Waals surface area contributed by atoms with E-state index in [1.54, 1.807) is 0 Å². The van der Waals surface area contributed by atoms with Gasteiger partial charge in [0.2, 0.25) is 5.52 Å². The fourth-order valence-corrected chi connectivity index (χ4v) is 8.48. The standard InChI is InChI=1S/C39H38N5S2/c40-25-27-42-33-15-7-9-17-35(33)45-37(42)23-21-29-19-20-30(22-24-38-43(28-26-41)34-16-8-10-18-36(34)46-38)39(29)44(31-11-3-1-4-12-31)32-13-5-2-6-14-32/h1-18,21-24H,19-20,25-28,40-41H2/q+1. The topological polar surface area (TPSA) is 62.4 Å². The summed E-state index contributed by atoms with van der Waals surface area (Å²) < 4.78 is 3.62. The molecule has 0 saturated heterocycles. The van der Waals surface area contributed by atoms with Crippen LogP contribution in [0, 0.1) is 0 Å². The maximum atomic E-state index is 6.07. The minimum Gasteiger partial charge on any atom is -0.334 e. The predicted octanol–water partition coefficient (Wildman–Crippen LogP) is 8.39. The lowest BCUT2D eigenvalue weighted by atomic mass is 10.1. The number of thiazole rings is 1. The molecule has 7 rings (SSSR count). The average molecular weight is 641 g/mol. The van der Waals surface area contributed by atoms with Gasteiger partial charge in [-0.15, -0.1) is 0 Å². The van der Waals surface area contributed by atoms with Gasteiger partial charge in [-0.05, 0) is 78.6 Å². The van der Waals surface area contributed by atoms with Gasteiger partial charge < -0.3 is 21.3 Å². The maximum Gasteiger partial charge on any atom is 0.262 e. The van der Waals surface area contributed by atoms with Crippen LogP contribution < -0.4 is 25.8 Å². The molecule has 5 nitrogen and oxygen atoms in total. The molecule has 1 aromatic heterocycles. The zero-order valence-electron chi connectivity index (χ0n) is 25.8. The summed E-state index contributed by atoms with van der Waals surface area (Å²) in [7, 11) is 0. The number of allylic oxidation sites excluding steroid dienone is 5. The lowest BCUT2D eigenvalue weighted by molar-refractivity contribution is -0.666. The van der Waals surface area contributed by atoms with Crippen LogP contribution in [0.3, 0.4) is 0 Å². The Labute approximate surface area is 279 Å². The Bertz CT molecular complexity index is 1920. The summed E-state index contributed by atoms with van der Waals surface area (Å²) in [6.45, 7) is 2.77. The summed E-state index contributed by atoms with van der Waals surface area (Å²) >= 11 is 3.64. The van der Waals surface area contributed by atoms with Crippen LogP contribution in [-0.4, -0.2) is 19.6 Å². The van der Waals surface area contributed by atoms with Crippen LogP contribution in [0.15, 0.2) is 154 Å². The van der Waals surface area contributed by atoms with Crippen molar-refractivity contribution in [1.82, 2.24) is 0 Å². The van der Waals surface area contributed by atoms with Gasteiger partial charge in [-0.3, -0.25) is 0 Å². The summed E-state index contributed by atoms with van der Waals surface area (Å²) in [6.07, 6.45) is 11.2. The minimum atomic E-state index is 0.598. The van der Waals surface area contributed by atoms with Gasteiger partial charge in [-0.25, -0.2) is 0 Å². The summed E-state index contributed by atoms with van der Waals surface area (Å²) in [5.74, 6) is 0. The highest BCUT2D eigenvalue weighted by Gasteiger charge is 2.28. The summed E-state index contributed by atoms with van der Waals surface area (Å²) in [6, 6.07) is 38.6. The number of nitrogens with zero attached hydrogens (tertiary/aromatic N) is 3. The first-order chi connectivity index (χ1) is 22.7. The van der Waals surface area contributed by atoms with E-state index in [1.165, 1.54) is 47.7 Å². The van der Waals surface area contributed by atoms with Crippen molar-refractivity contribution in [3.63, 3.8) is 0 Å². The largest absolute Gasteiger partial charge is 0.334 e. The zero-order chi connectivity index (χ0) is 31.3. The van der Waals surface area contributed by atoms with Crippen LogP contribution in [0.1, 0.15) is 17.8 Å². The van der Waals surface area contributed by atoms with Gasteiger partial charge >= 0.3 is 0 Å². The Balaban J connectivity index is 1.36. The summed E-state index contributed by atoms with van der Waals surface area (Å²) in [4.78, 5) is 6.04. The molecular formula is C39H38N5S2+. The number of nitrogens with two attached hydrogens (primary N) is 2. The number of para-hydroxylation sites is 4. The van der Waals surface area contributed by atoms with Gasteiger partial charge in [0.05, 0.1) is 23.0 Å². The number of thioether (sulfide) groups is 1. The highest BCUT2D eigenvalue weighted by Crippen LogP contribution is 2.46. The van der Waals surface area contributed by atoms with E-state index in [-0.39, 0.29) is 0 Å². The van der Waals surface area contributed by atoms with E-state index in [0.717, 1.165) is 37.3 Å². The third-order valence-corrected chi connectivity index (χ3v) is 10.6. The second-order valence-electron chi connectivity index (χ2n) is 11.3. The Morgan fingerprint density at radius 1 is 0.739 bits per heavy atom. The fraction of sp³-hybridized carbons (Fsp3) is 0.154. The molecule has 0 radical (unpaired) electrons. The molecule has 2 heterocycles. The first-order valence-electron chi connectivity index (χ1n) is 15.8. The van der Waals surface area contributed by atoms with Gasteiger partial charge in [0.25, 0.3) is 5.01 Å². The van der Waals surface area contributed by atoms with Gasteiger partial charge in [0, 0.05) is 41.5 Å². The summed E-state index contributed by atoms with van der Waals surface area (Å²) in [5.41, 5.74) is 20.8. The number of rotatable bonds is 10. The molecule has 7 heteroatoms. The number of aromatic nitrogens is 1. The van der Waals surface area contributed by atoms with E-state index >= 15 is 0 Å². The van der Waals surface area contributed by atoms with E-state index in [1.807, 2.05) is 23.1 Å². The molecule has 0 unspecified atom stereocenters. The van der Waals surface area contributed by atoms with Crippen LogP contribution >= 0.6 is 23.1 Å². The van der Waals surface area contributed by atoms with E-state index < -0.39 is 0 Å². The monoisotopic (exact) mass is 640 g/mol. The maximum absolute atomic E-state index is 6.07. The molecule has 1 aliphatic heterocycles. The predicted molar refractivity (Wildman–Crippen MR) is 196 cm³/mol. The molecule has 0 fully saturated rings. The van der Waals surface area contributed by atoms with Crippen LogP contribution in [-0.2, 0) is 6.54 Å². The molecule has 1 aliphatic carbocycles. The lowest BCUT2D eigenvalue weighted by Gasteiger charge is -2.28. The van der Waals surface area contributed by atoms with E-state index in [4.69, 9.17) is 11.5 Å². The zero-order valence-corrected chi connectivity index (χ0v) is 27.4. The van der Waals surface area contributed by atoms with Crippen molar-refractivity contribution in [3.05, 3.63) is 154 Å². The van der Waals surface area contributed by atoms with Crippen LogP contribution in [0.25, 0.3) is 16.3 Å². The van der Waals surface area contributed by atoms with Crippen molar-refractivity contribution in [2.24, 2.45) is 11.5 Å². The third-order valence-electron chi connectivity index (χ3n) is 8.36. The van der Waals surface area contributed by atoms with E-state index in [9.17, 15) is 0 Å². The molecule has 0 atom stereocenters. The molecule has 0 bridgehead atoms. The van der Waals surface area contributed by atoms with Crippen molar-refractivity contribution in [1.29, 1.82) is 0 Å². The van der Waals surface area contributed by atoms with Crippen molar-refractivity contribution < 1.29 is 4.57 Å². The Morgan fingerprint density at radius 2 is 1.43 bits per heavy atom. The molecule has 0 spiro atoms. The van der Waals surface area contributed by atoms with Crippen molar-refractivity contribution in [2.75, 3.05) is 29.4 Å². The average Bonchev–Trinajstić information content (AvgIpc) is 3.78. The minimum absolute atomic E-state index is 0.598. The van der Waals surface area contributed by atoms with Gasteiger partial charge in [0.15, 0.2) is 6.54 Å². The number of fused-ring (bicyclic) bond motifs is 2. The molecule has 4 N–H and O–H groups in total. The van der Waals surface area contributed by atoms with Crippen molar-refractivity contribution >= 4 is 56.5 Å². The van der Waals surface area contributed by atoms with E-state index in [0.29, 0.717) is 13.1 Å². The number of benzene rings is 4. The first kappa shape index (κ1) is 30.3. The van der Waals surface area contributed by atoms with Crippen LogP contribution in [0.4, 0.5) is 17.1 Å². The molecule has 0 amide bonds. The Kier molecular flexibility index (Phi) is 9.17. The SMILES string of the molecule is NCCN1C(=CC=C2CCC(C=Cc3sc4ccccc4[n+]3CCN)=C2N(c2ccccc2)c2ccccc2)Sc2ccccc21. The van der Waals surface area contributed by atoms with Gasteiger partial charge in [-0.1, -0.05) is 89.8 Å². The first-order valence-corrected chi connectivity index (χ1v) is 17.5. The molecule has 2 aliphatic rings. The number of hydrogen-bond acceptors (Lipinski definition) is 6. The second kappa shape index (κ2) is 13.9. The Morgan fingerprint density at radius 3 is 2.17 bits per heavy atom. The van der Waals surface area contributed by atoms with Gasteiger partial charge in [0.1, 0.15) is 4.70 Å². The molecule has 0 saturated carbocycles. The molecular weight excluding hydrogens is 603 g/mol. The smallest absolute Gasteiger partial charge is 0.262 e. The highest BCUT2D eigenvalue weighted by atomic mass is 32.2. The second-order valence-corrected chi connectivity index (χ2v) is 13.4. The Hall–Kier alpha value is -4.40. The normalized spacial score (nSPS) is 16.4. The number of hydrogen-bond donors (Lipinski definition) is 2. The summed E-state index contributed by atoms with van der Waals surface area (Å²) in [5, 5.41) is 2.42. The fourth-order valence-electron chi connectivity index (χ4n) is 6.30. The van der Waals surface area contributed by atoms with Gasteiger partial charge in [-0.2, -0.15) is 4.57 Å². The molecule has 230 valence electrons. The van der Waals surface area contributed by atoms with E-state index in [2.05, 4.69) is 148 Å². The lowest BCUT2D eigenvalue weighted by Crippen LogP contribution is -2.38. The number of anilines is 3. The van der Waals surface area contributed by atoms with Crippen LogP contribution in [0.5, 0.6) is 0 Å². The van der Waals surface area contributed by atoms with Crippen LogP contribution in [0.2, 0.25) is 0 Å². The van der Waals surface area contributed by atoms with Crippen molar-refractivity contribution in [3.8, 4) is 0 Å². The molecule has 4 aromatic carbocycles. The molecule has 46 heavy (non-hydrogen) atoms. The quantitative estimate of drug-likeness (QED) is 0.150. The third kappa shape index (κ3) is 6.07.